The fourth-order valence-electron chi connectivity index (χ4n) is 2.44. The summed E-state index contributed by atoms with van der Waals surface area (Å²) in [7, 11) is 0. The Morgan fingerprint density at radius 2 is 2.21 bits per heavy atom. The average molecular weight is 284 g/mol. The molecule has 0 aliphatic carbocycles. The molecular weight excluding hydrogens is 262 g/mol. The van der Waals surface area contributed by atoms with Crippen molar-refractivity contribution in [1.29, 1.82) is 0 Å². The number of nitrogen functional groups attached to an aromatic ring is 1. The number of aromatic nitrogens is 1. The summed E-state index contributed by atoms with van der Waals surface area (Å²) in [5.41, 5.74) is 7.02. The minimum Gasteiger partial charge on any atom is -0.397 e. The van der Waals surface area contributed by atoms with Gasteiger partial charge in [0.2, 0.25) is 5.91 Å². The number of anilines is 1. The van der Waals surface area contributed by atoms with Gasteiger partial charge in [-0.05, 0) is 31.9 Å². The number of likely N-dealkylation sites (tertiary alicyclic amines) is 1. The lowest BCUT2D eigenvalue weighted by atomic mass is 10.1. The molecule has 1 saturated heterocycles. The molecule has 1 aromatic heterocycles. The number of halogens is 1. The minimum absolute atomic E-state index is 0. The van der Waals surface area contributed by atoms with Gasteiger partial charge in [-0.15, -0.1) is 12.4 Å². The zero-order valence-corrected chi connectivity index (χ0v) is 12.2. The topological polar surface area (TPSA) is 59.2 Å². The second-order valence-corrected chi connectivity index (χ2v) is 5.05. The van der Waals surface area contributed by atoms with E-state index in [1.807, 2.05) is 11.0 Å². The highest BCUT2D eigenvalue weighted by atomic mass is 35.5. The van der Waals surface area contributed by atoms with Crippen molar-refractivity contribution in [3.8, 4) is 0 Å². The zero-order valence-electron chi connectivity index (χ0n) is 11.3. The number of nitrogens with two attached hydrogens (primary N) is 1. The summed E-state index contributed by atoms with van der Waals surface area (Å²) in [5, 5.41) is 0. The van der Waals surface area contributed by atoms with Gasteiger partial charge in [0, 0.05) is 18.3 Å². The number of amides is 1. The highest BCUT2D eigenvalue weighted by Crippen LogP contribution is 2.17. The van der Waals surface area contributed by atoms with Crippen LogP contribution in [0.5, 0.6) is 0 Å². The maximum atomic E-state index is 12.3. The number of carbonyl (C=O) groups is 1. The van der Waals surface area contributed by atoms with Crippen molar-refractivity contribution < 1.29 is 4.79 Å². The molecule has 0 aromatic carbocycles. The van der Waals surface area contributed by atoms with Gasteiger partial charge in [-0.3, -0.25) is 9.78 Å². The van der Waals surface area contributed by atoms with Crippen LogP contribution in [-0.2, 0) is 11.2 Å². The van der Waals surface area contributed by atoms with Gasteiger partial charge in [0.1, 0.15) is 0 Å². The number of nitrogens with zero attached hydrogens (tertiary/aromatic N) is 2. The molecule has 106 valence electrons. The largest absolute Gasteiger partial charge is 0.397 e. The van der Waals surface area contributed by atoms with E-state index in [9.17, 15) is 4.79 Å². The lowest BCUT2D eigenvalue weighted by Crippen LogP contribution is -2.39. The average Bonchev–Trinajstić information content (AvgIpc) is 2.57. The summed E-state index contributed by atoms with van der Waals surface area (Å²) >= 11 is 0. The molecule has 1 unspecified atom stereocenters. The monoisotopic (exact) mass is 283 g/mol. The highest BCUT2D eigenvalue weighted by molar-refractivity contribution is 5.85. The maximum Gasteiger partial charge on any atom is 0.228 e. The minimum atomic E-state index is 0. The Balaban J connectivity index is 0.00000180. The van der Waals surface area contributed by atoms with Crippen molar-refractivity contribution in [2.45, 2.75) is 45.1 Å². The third kappa shape index (κ3) is 4.39. The molecule has 5 heteroatoms. The summed E-state index contributed by atoms with van der Waals surface area (Å²) in [4.78, 5) is 18.5. The van der Waals surface area contributed by atoms with Crippen LogP contribution in [0, 0.1) is 0 Å². The van der Waals surface area contributed by atoms with Gasteiger partial charge >= 0.3 is 0 Å². The highest BCUT2D eigenvalue weighted by Gasteiger charge is 2.22. The van der Waals surface area contributed by atoms with E-state index in [0.717, 1.165) is 25.1 Å². The first-order chi connectivity index (χ1) is 8.66. The number of hydrogen-bond donors (Lipinski definition) is 1. The van der Waals surface area contributed by atoms with Crippen LogP contribution in [0.1, 0.15) is 38.3 Å². The van der Waals surface area contributed by atoms with Crippen molar-refractivity contribution >= 4 is 24.0 Å². The Bertz CT molecular complexity index is 408. The Labute approximate surface area is 120 Å². The summed E-state index contributed by atoms with van der Waals surface area (Å²) in [5.74, 6) is 0.182. The normalized spacial score (nSPS) is 19.4. The van der Waals surface area contributed by atoms with Gasteiger partial charge in [0.05, 0.1) is 18.3 Å². The number of rotatable bonds is 2. The second-order valence-electron chi connectivity index (χ2n) is 5.05. The first-order valence-corrected chi connectivity index (χ1v) is 6.66. The van der Waals surface area contributed by atoms with Crippen LogP contribution < -0.4 is 5.73 Å². The molecular formula is C14H22ClN3O. The quantitative estimate of drug-likeness (QED) is 0.907. The van der Waals surface area contributed by atoms with Gasteiger partial charge < -0.3 is 10.6 Å². The van der Waals surface area contributed by atoms with E-state index in [0.29, 0.717) is 18.2 Å². The molecule has 0 saturated carbocycles. The fraction of sp³-hybridized carbons (Fsp3) is 0.571. The summed E-state index contributed by atoms with van der Waals surface area (Å²) in [6.07, 6.45) is 6.67. The molecule has 0 bridgehead atoms. The molecule has 1 atom stereocenters. The van der Waals surface area contributed by atoms with Gasteiger partial charge in [-0.25, -0.2) is 0 Å². The van der Waals surface area contributed by atoms with Crippen LogP contribution >= 0.6 is 12.4 Å². The zero-order chi connectivity index (χ0) is 13.0. The van der Waals surface area contributed by atoms with E-state index < -0.39 is 0 Å². The third-order valence-corrected chi connectivity index (χ3v) is 3.55. The molecule has 0 radical (unpaired) electrons. The Hall–Kier alpha value is -1.29. The van der Waals surface area contributed by atoms with Crippen LogP contribution in [0.3, 0.4) is 0 Å². The number of hydrogen-bond acceptors (Lipinski definition) is 3. The van der Waals surface area contributed by atoms with E-state index in [-0.39, 0.29) is 18.3 Å². The van der Waals surface area contributed by atoms with E-state index in [1.54, 1.807) is 12.3 Å². The SMILES string of the molecule is CC1CCCCCN1C(=O)Cc1ccc(N)cn1.Cl. The van der Waals surface area contributed by atoms with Crippen LogP contribution in [0.4, 0.5) is 5.69 Å². The molecule has 0 spiro atoms. The Kier molecular flexibility index (Phi) is 6.09. The Morgan fingerprint density at radius 3 is 2.89 bits per heavy atom. The molecule has 2 rings (SSSR count). The predicted molar refractivity (Wildman–Crippen MR) is 79.2 cm³/mol. The molecule has 2 N–H and O–H groups in total. The molecule has 1 aliphatic rings. The second kappa shape index (κ2) is 7.34. The molecule has 1 aromatic rings. The molecule has 1 fully saturated rings. The van der Waals surface area contributed by atoms with Crippen molar-refractivity contribution in [1.82, 2.24) is 9.88 Å². The summed E-state index contributed by atoms with van der Waals surface area (Å²) in [6, 6.07) is 3.98. The molecule has 19 heavy (non-hydrogen) atoms. The van der Waals surface area contributed by atoms with Crippen LogP contribution in [0.25, 0.3) is 0 Å². The predicted octanol–water partition coefficient (Wildman–Crippen LogP) is 2.42. The van der Waals surface area contributed by atoms with E-state index in [2.05, 4.69) is 11.9 Å². The number of carbonyl (C=O) groups excluding carboxylic acids is 1. The lowest BCUT2D eigenvalue weighted by Gasteiger charge is -2.27. The molecule has 2 heterocycles. The standard InChI is InChI=1S/C14H21N3O.ClH/c1-11-5-3-2-4-8-17(11)14(18)9-13-7-6-12(15)10-16-13;/h6-7,10-11H,2-5,8-9,15H2,1H3;1H. The third-order valence-electron chi connectivity index (χ3n) is 3.55. The molecule has 4 nitrogen and oxygen atoms in total. The fourth-order valence-corrected chi connectivity index (χ4v) is 2.44. The van der Waals surface area contributed by atoms with E-state index in [1.165, 1.54) is 12.8 Å². The first-order valence-electron chi connectivity index (χ1n) is 6.66. The maximum absolute atomic E-state index is 12.3. The van der Waals surface area contributed by atoms with Gasteiger partial charge in [0.15, 0.2) is 0 Å². The summed E-state index contributed by atoms with van der Waals surface area (Å²) < 4.78 is 0. The van der Waals surface area contributed by atoms with Crippen molar-refractivity contribution in [3.63, 3.8) is 0 Å². The van der Waals surface area contributed by atoms with Gasteiger partial charge in [0.25, 0.3) is 0 Å². The smallest absolute Gasteiger partial charge is 0.228 e. The summed E-state index contributed by atoms with van der Waals surface area (Å²) in [6.45, 7) is 3.02. The van der Waals surface area contributed by atoms with E-state index >= 15 is 0 Å². The van der Waals surface area contributed by atoms with Crippen molar-refractivity contribution in [2.75, 3.05) is 12.3 Å². The van der Waals surface area contributed by atoms with Crippen LogP contribution in [0.15, 0.2) is 18.3 Å². The first kappa shape index (κ1) is 15.8. The van der Waals surface area contributed by atoms with Crippen LogP contribution in [0.2, 0.25) is 0 Å². The number of pyridine rings is 1. The van der Waals surface area contributed by atoms with Gasteiger partial charge in [-0.2, -0.15) is 0 Å². The molecule has 1 amide bonds. The lowest BCUT2D eigenvalue weighted by molar-refractivity contribution is -0.132. The van der Waals surface area contributed by atoms with Crippen LogP contribution in [-0.4, -0.2) is 28.4 Å². The molecule has 1 aliphatic heterocycles. The van der Waals surface area contributed by atoms with E-state index in [4.69, 9.17) is 5.73 Å². The van der Waals surface area contributed by atoms with Crippen molar-refractivity contribution in [3.05, 3.63) is 24.0 Å². The van der Waals surface area contributed by atoms with Crippen molar-refractivity contribution in [2.24, 2.45) is 0 Å². The van der Waals surface area contributed by atoms with Gasteiger partial charge in [-0.1, -0.05) is 12.8 Å². The Morgan fingerprint density at radius 1 is 1.42 bits per heavy atom.